The van der Waals surface area contributed by atoms with E-state index in [1.807, 2.05) is 0 Å². The van der Waals surface area contributed by atoms with E-state index < -0.39 is 9.84 Å². The molecule has 0 spiro atoms. The molecule has 1 aliphatic rings. The van der Waals surface area contributed by atoms with E-state index in [9.17, 15) is 8.42 Å². The van der Waals surface area contributed by atoms with Crippen molar-refractivity contribution >= 4 is 15.9 Å². The van der Waals surface area contributed by atoms with Gasteiger partial charge in [-0.2, -0.15) is 0 Å². The highest BCUT2D eigenvalue weighted by molar-refractivity contribution is 7.96. The highest BCUT2D eigenvalue weighted by Crippen LogP contribution is 2.39. The number of fused-ring (bicyclic) bond motifs is 1. The molecule has 0 aromatic heterocycles. The normalized spacial score (nSPS) is 16.5. The minimum Gasteiger partial charge on any atom is -0.495 e. The summed E-state index contributed by atoms with van der Waals surface area (Å²) < 4.78 is 29.7. The molecule has 4 nitrogen and oxygen atoms in total. The van der Waals surface area contributed by atoms with Crippen LogP contribution in [0.2, 0.25) is 0 Å². The molecular weight excluding hydrogens is 238 g/mol. The highest BCUT2D eigenvalue weighted by Gasteiger charge is 2.32. The van der Waals surface area contributed by atoms with E-state index in [1.165, 1.54) is 7.11 Å². The lowest BCUT2D eigenvalue weighted by molar-refractivity contribution is 0.403. The van der Waals surface area contributed by atoms with Gasteiger partial charge < -0.3 is 10.1 Å². The third kappa shape index (κ3) is 1.96. The topological polar surface area (TPSA) is 55.4 Å². The molecule has 1 aromatic rings. The van der Waals surface area contributed by atoms with E-state index in [2.05, 4.69) is 5.32 Å². The van der Waals surface area contributed by atoms with Crippen molar-refractivity contribution in [3.8, 4) is 5.75 Å². The van der Waals surface area contributed by atoms with Gasteiger partial charge in [-0.1, -0.05) is 12.1 Å². The van der Waals surface area contributed by atoms with Gasteiger partial charge in [-0.15, -0.1) is 0 Å². The van der Waals surface area contributed by atoms with Gasteiger partial charge in [0.1, 0.15) is 10.6 Å². The van der Waals surface area contributed by atoms with Gasteiger partial charge in [0.25, 0.3) is 0 Å². The smallest absolute Gasteiger partial charge is 0.207 e. The predicted octanol–water partition coefficient (Wildman–Crippen LogP) is 1.43. The van der Waals surface area contributed by atoms with Crippen molar-refractivity contribution < 1.29 is 13.2 Å². The largest absolute Gasteiger partial charge is 0.495 e. The molecule has 1 aliphatic heterocycles. The van der Waals surface area contributed by atoms with E-state index >= 15 is 0 Å². The minimum atomic E-state index is -3.37. The van der Waals surface area contributed by atoms with Crippen LogP contribution in [-0.2, 0) is 9.84 Å². The first-order valence-electron chi connectivity index (χ1n) is 5.38. The number of sulfone groups is 1. The number of rotatable bonds is 4. The van der Waals surface area contributed by atoms with Gasteiger partial charge in [-0.3, -0.25) is 0 Å². The summed E-state index contributed by atoms with van der Waals surface area (Å²) in [6, 6.07) is 5.26. The van der Waals surface area contributed by atoms with Crippen LogP contribution in [0.15, 0.2) is 28.0 Å². The molecule has 0 aliphatic carbocycles. The number of ether oxygens (including phenoxy) is 1. The summed E-state index contributed by atoms with van der Waals surface area (Å²) in [6.45, 7) is 0.640. The predicted molar refractivity (Wildman–Crippen MR) is 66.7 cm³/mol. The van der Waals surface area contributed by atoms with Crippen LogP contribution < -0.4 is 10.1 Å². The Labute approximate surface area is 101 Å². The lowest BCUT2D eigenvalue weighted by Gasteiger charge is -2.07. The SMILES string of the molecule is CNCCC1=Cc2cccc(OC)c2S1(=O)=O. The molecule has 2 rings (SSSR count). The lowest BCUT2D eigenvalue weighted by Crippen LogP contribution is -2.11. The van der Waals surface area contributed by atoms with E-state index in [1.54, 1.807) is 31.3 Å². The molecule has 0 saturated heterocycles. The lowest BCUT2D eigenvalue weighted by atomic mass is 10.2. The Kier molecular flexibility index (Phi) is 3.22. The third-order valence-electron chi connectivity index (χ3n) is 2.78. The molecule has 0 amide bonds. The molecule has 0 atom stereocenters. The molecule has 0 fully saturated rings. The summed E-state index contributed by atoms with van der Waals surface area (Å²) in [5.41, 5.74) is 0.718. The molecular formula is C12H15NO3S. The van der Waals surface area contributed by atoms with Crippen LogP contribution in [0.1, 0.15) is 12.0 Å². The van der Waals surface area contributed by atoms with E-state index in [0.29, 0.717) is 28.5 Å². The Morgan fingerprint density at radius 1 is 1.35 bits per heavy atom. The second-order valence-corrected chi connectivity index (χ2v) is 5.79. The van der Waals surface area contributed by atoms with Crippen molar-refractivity contribution in [2.24, 2.45) is 0 Å². The van der Waals surface area contributed by atoms with Gasteiger partial charge >= 0.3 is 0 Å². The van der Waals surface area contributed by atoms with Crippen LogP contribution in [0, 0.1) is 0 Å². The quantitative estimate of drug-likeness (QED) is 0.882. The Bertz CT molecular complexity index is 561. The Morgan fingerprint density at radius 2 is 2.12 bits per heavy atom. The molecule has 17 heavy (non-hydrogen) atoms. The van der Waals surface area contributed by atoms with Crippen LogP contribution in [0.25, 0.3) is 6.08 Å². The highest BCUT2D eigenvalue weighted by atomic mass is 32.2. The zero-order chi connectivity index (χ0) is 12.5. The standard InChI is InChI=1S/C12H15NO3S/c1-13-7-6-10-8-9-4-3-5-11(16-2)12(9)17(10,14)15/h3-5,8,13H,6-7H2,1-2H3. The molecule has 0 unspecified atom stereocenters. The Hall–Kier alpha value is -1.33. The second kappa shape index (κ2) is 4.50. The number of nitrogens with one attached hydrogen (secondary N) is 1. The van der Waals surface area contributed by atoms with Gasteiger partial charge in [0, 0.05) is 0 Å². The fourth-order valence-corrected chi connectivity index (χ4v) is 3.70. The molecule has 1 N–H and O–H groups in total. The maximum atomic E-state index is 12.3. The van der Waals surface area contributed by atoms with Crippen LogP contribution in [0.5, 0.6) is 5.75 Å². The fraction of sp³-hybridized carbons (Fsp3) is 0.333. The fourth-order valence-electron chi connectivity index (χ4n) is 1.93. The number of hydrogen-bond donors (Lipinski definition) is 1. The first kappa shape index (κ1) is 12.1. The second-order valence-electron chi connectivity index (χ2n) is 3.85. The molecule has 5 heteroatoms. The summed E-state index contributed by atoms with van der Waals surface area (Å²) in [4.78, 5) is 0.750. The van der Waals surface area contributed by atoms with Gasteiger partial charge in [-0.05, 0) is 37.7 Å². The minimum absolute atomic E-state index is 0.300. The number of benzene rings is 1. The van der Waals surface area contributed by atoms with Gasteiger partial charge in [0.05, 0.1) is 12.0 Å². The molecule has 0 radical (unpaired) electrons. The van der Waals surface area contributed by atoms with E-state index in [0.717, 1.165) is 5.56 Å². The Balaban J connectivity index is 2.48. The average molecular weight is 253 g/mol. The molecule has 0 bridgehead atoms. The first-order chi connectivity index (χ1) is 8.11. The Morgan fingerprint density at radius 3 is 2.76 bits per heavy atom. The number of hydrogen-bond acceptors (Lipinski definition) is 4. The van der Waals surface area contributed by atoms with Crippen molar-refractivity contribution in [1.29, 1.82) is 0 Å². The van der Waals surface area contributed by atoms with Crippen molar-refractivity contribution in [3.63, 3.8) is 0 Å². The van der Waals surface area contributed by atoms with Crippen LogP contribution in [0.3, 0.4) is 0 Å². The summed E-state index contributed by atoms with van der Waals surface area (Å²) in [7, 11) is -0.0810. The number of methoxy groups -OCH3 is 1. The molecule has 1 aromatic carbocycles. The monoisotopic (exact) mass is 253 g/mol. The third-order valence-corrected chi connectivity index (χ3v) is 4.77. The van der Waals surface area contributed by atoms with Crippen molar-refractivity contribution in [1.82, 2.24) is 5.32 Å². The van der Waals surface area contributed by atoms with Crippen LogP contribution in [-0.4, -0.2) is 29.1 Å². The summed E-state index contributed by atoms with van der Waals surface area (Å²) in [6.07, 6.45) is 2.22. The van der Waals surface area contributed by atoms with Gasteiger partial charge in [0.2, 0.25) is 9.84 Å². The van der Waals surface area contributed by atoms with Crippen LogP contribution >= 0.6 is 0 Å². The summed E-state index contributed by atoms with van der Waals surface area (Å²) in [5, 5.41) is 2.95. The van der Waals surface area contributed by atoms with E-state index in [-0.39, 0.29) is 0 Å². The average Bonchev–Trinajstić information content (AvgIpc) is 2.58. The summed E-state index contributed by atoms with van der Waals surface area (Å²) >= 11 is 0. The molecule has 0 saturated carbocycles. The van der Waals surface area contributed by atoms with Crippen molar-refractivity contribution in [2.75, 3.05) is 20.7 Å². The maximum absolute atomic E-state index is 12.3. The molecule has 1 heterocycles. The van der Waals surface area contributed by atoms with Crippen molar-refractivity contribution in [2.45, 2.75) is 11.3 Å². The van der Waals surface area contributed by atoms with Gasteiger partial charge in [0.15, 0.2) is 0 Å². The van der Waals surface area contributed by atoms with Crippen molar-refractivity contribution in [3.05, 3.63) is 28.7 Å². The van der Waals surface area contributed by atoms with E-state index in [4.69, 9.17) is 4.74 Å². The zero-order valence-corrected chi connectivity index (χ0v) is 10.7. The maximum Gasteiger partial charge on any atom is 0.207 e. The zero-order valence-electron chi connectivity index (χ0n) is 9.86. The molecule has 92 valence electrons. The van der Waals surface area contributed by atoms with Crippen LogP contribution in [0.4, 0.5) is 0 Å². The van der Waals surface area contributed by atoms with Gasteiger partial charge in [-0.25, -0.2) is 8.42 Å². The first-order valence-corrected chi connectivity index (χ1v) is 6.87. The summed E-state index contributed by atoms with van der Waals surface area (Å²) in [5.74, 6) is 0.415.